The van der Waals surface area contributed by atoms with Gasteiger partial charge < -0.3 is 19.7 Å². The van der Waals surface area contributed by atoms with E-state index >= 15 is 0 Å². The van der Waals surface area contributed by atoms with E-state index in [0.717, 1.165) is 18.0 Å². The SMILES string of the molecule is CNCC1Oc2ccc(C(=O)OC)cc2N(C)C1C. The van der Waals surface area contributed by atoms with Crippen LogP contribution in [0.1, 0.15) is 17.3 Å². The Hall–Kier alpha value is -1.75. The van der Waals surface area contributed by atoms with Crippen LogP contribution in [0.4, 0.5) is 5.69 Å². The van der Waals surface area contributed by atoms with Gasteiger partial charge in [-0.1, -0.05) is 0 Å². The molecule has 1 aromatic carbocycles. The summed E-state index contributed by atoms with van der Waals surface area (Å²) in [5, 5.41) is 3.13. The number of hydrogen-bond donors (Lipinski definition) is 1. The largest absolute Gasteiger partial charge is 0.485 e. The van der Waals surface area contributed by atoms with E-state index in [1.54, 1.807) is 6.07 Å². The highest BCUT2D eigenvalue weighted by Crippen LogP contribution is 2.36. The molecule has 1 aromatic rings. The van der Waals surface area contributed by atoms with Crippen molar-refractivity contribution in [2.24, 2.45) is 0 Å². The molecular weight excluding hydrogens is 244 g/mol. The van der Waals surface area contributed by atoms with E-state index in [-0.39, 0.29) is 18.1 Å². The van der Waals surface area contributed by atoms with Gasteiger partial charge in [0.1, 0.15) is 11.9 Å². The molecule has 5 nitrogen and oxygen atoms in total. The number of methoxy groups -OCH3 is 1. The van der Waals surface area contributed by atoms with E-state index in [1.807, 2.05) is 26.2 Å². The number of hydrogen-bond acceptors (Lipinski definition) is 5. The van der Waals surface area contributed by atoms with Gasteiger partial charge in [0.2, 0.25) is 0 Å². The number of fused-ring (bicyclic) bond motifs is 1. The molecule has 0 saturated carbocycles. The molecule has 1 aliphatic rings. The zero-order valence-electron chi connectivity index (χ0n) is 11.8. The fourth-order valence-corrected chi connectivity index (χ4v) is 2.28. The minimum absolute atomic E-state index is 0.0893. The normalized spacial score (nSPS) is 21.6. The molecule has 1 heterocycles. The Balaban J connectivity index is 2.33. The maximum Gasteiger partial charge on any atom is 0.337 e. The topological polar surface area (TPSA) is 50.8 Å². The van der Waals surface area contributed by atoms with Crippen LogP contribution in [0.2, 0.25) is 0 Å². The zero-order valence-corrected chi connectivity index (χ0v) is 11.8. The lowest BCUT2D eigenvalue weighted by Gasteiger charge is -2.39. The molecule has 5 heteroatoms. The van der Waals surface area contributed by atoms with Crippen LogP contribution in [0.15, 0.2) is 18.2 Å². The molecule has 1 aliphatic heterocycles. The average Bonchev–Trinajstić information content (AvgIpc) is 2.43. The number of benzene rings is 1. The fourth-order valence-electron chi connectivity index (χ4n) is 2.28. The molecule has 0 spiro atoms. The van der Waals surface area contributed by atoms with Crippen LogP contribution < -0.4 is 15.0 Å². The number of esters is 1. The number of nitrogens with one attached hydrogen (secondary N) is 1. The van der Waals surface area contributed by atoms with Crippen molar-refractivity contribution < 1.29 is 14.3 Å². The second kappa shape index (κ2) is 5.48. The second-order valence-electron chi connectivity index (χ2n) is 4.74. The second-order valence-corrected chi connectivity index (χ2v) is 4.74. The van der Waals surface area contributed by atoms with Crippen molar-refractivity contribution in [1.82, 2.24) is 5.32 Å². The molecule has 104 valence electrons. The van der Waals surface area contributed by atoms with Gasteiger partial charge in [-0.2, -0.15) is 0 Å². The molecule has 19 heavy (non-hydrogen) atoms. The van der Waals surface area contributed by atoms with Gasteiger partial charge in [0, 0.05) is 13.6 Å². The van der Waals surface area contributed by atoms with Crippen molar-refractivity contribution >= 4 is 11.7 Å². The Morgan fingerprint density at radius 2 is 2.26 bits per heavy atom. The Kier molecular flexibility index (Phi) is 3.95. The first kappa shape index (κ1) is 13.7. The standard InChI is InChI=1S/C14H20N2O3/c1-9-13(8-15-2)19-12-6-5-10(14(17)18-4)7-11(12)16(9)3/h5-7,9,13,15H,8H2,1-4H3. The summed E-state index contributed by atoms with van der Waals surface area (Å²) in [6, 6.07) is 5.60. The van der Waals surface area contributed by atoms with Crippen LogP contribution in [0.25, 0.3) is 0 Å². The van der Waals surface area contributed by atoms with Crippen LogP contribution in [0, 0.1) is 0 Å². The van der Waals surface area contributed by atoms with Crippen molar-refractivity contribution in [2.45, 2.75) is 19.1 Å². The highest BCUT2D eigenvalue weighted by molar-refractivity contribution is 5.91. The van der Waals surface area contributed by atoms with Gasteiger partial charge in [-0.25, -0.2) is 4.79 Å². The average molecular weight is 264 g/mol. The maximum atomic E-state index is 11.6. The lowest BCUT2D eigenvalue weighted by atomic mass is 10.1. The fraction of sp³-hybridized carbons (Fsp3) is 0.500. The van der Waals surface area contributed by atoms with Crippen molar-refractivity contribution in [3.05, 3.63) is 23.8 Å². The van der Waals surface area contributed by atoms with Gasteiger partial charge in [0.15, 0.2) is 0 Å². The first-order valence-electron chi connectivity index (χ1n) is 6.35. The monoisotopic (exact) mass is 264 g/mol. The molecule has 0 aromatic heterocycles. The Morgan fingerprint density at radius 1 is 1.53 bits per heavy atom. The minimum atomic E-state index is -0.332. The Morgan fingerprint density at radius 3 is 2.89 bits per heavy atom. The molecule has 0 aliphatic carbocycles. The first-order chi connectivity index (χ1) is 9.08. The summed E-state index contributed by atoms with van der Waals surface area (Å²) >= 11 is 0. The third-order valence-corrected chi connectivity index (χ3v) is 3.59. The predicted molar refractivity (Wildman–Crippen MR) is 74.0 cm³/mol. The molecule has 1 N–H and O–H groups in total. The van der Waals surface area contributed by atoms with E-state index in [1.165, 1.54) is 7.11 Å². The maximum absolute atomic E-state index is 11.6. The molecule has 0 bridgehead atoms. The summed E-state index contributed by atoms with van der Waals surface area (Å²) in [5.41, 5.74) is 1.46. The molecule has 2 unspecified atom stereocenters. The van der Waals surface area contributed by atoms with E-state index in [2.05, 4.69) is 17.1 Å². The van der Waals surface area contributed by atoms with E-state index in [4.69, 9.17) is 9.47 Å². The Bertz CT molecular complexity index is 476. The Labute approximate surface area is 113 Å². The van der Waals surface area contributed by atoms with Gasteiger partial charge in [0.25, 0.3) is 0 Å². The zero-order chi connectivity index (χ0) is 14.0. The number of ether oxygens (including phenoxy) is 2. The highest BCUT2D eigenvalue weighted by atomic mass is 16.5. The molecule has 2 rings (SSSR count). The number of likely N-dealkylation sites (N-methyl/N-ethyl adjacent to an activating group) is 2. The van der Waals surface area contributed by atoms with Crippen LogP contribution in [-0.4, -0.2) is 45.9 Å². The van der Waals surface area contributed by atoms with Crippen molar-refractivity contribution in [2.75, 3.05) is 32.6 Å². The number of anilines is 1. The van der Waals surface area contributed by atoms with Crippen molar-refractivity contribution in [1.29, 1.82) is 0 Å². The van der Waals surface area contributed by atoms with Crippen LogP contribution in [0.5, 0.6) is 5.75 Å². The summed E-state index contributed by atoms with van der Waals surface area (Å²) in [6.07, 6.45) is 0.0893. The van der Waals surface area contributed by atoms with Crippen LogP contribution >= 0.6 is 0 Å². The van der Waals surface area contributed by atoms with Gasteiger partial charge in [-0.15, -0.1) is 0 Å². The van der Waals surface area contributed by atoms with E-state index < -0.39 is 0 Å². The van der Waals surface area contributed by atoms with Crippen molar-refractivity contribution in [3.8, 4) is 5.75 Å². The van der Waals surface area contributed by atoms with Crippen LogP contribution in [0.3, 0.4) is 0 Å². The lowest BCUT2D eigenvalue weighted by Crippen LogP contribution is -2.50. The number of carbonyl (C=O) groups is 1. The molecular formula is C14H20N2O3. The number of carbonyl (C=O) groups excluding carboxylic acids is 1. The van der Waals surface area contributed by atoms with Gasteiger partial charge in [0.05, 0.1) is 24.4 Å². The number of rotatable bonds is 3. The predicted octanol–water partition coefficient (Wildman–Crippen LogP) is 1.28. The smallest absolute Gasteiger partial charge is 0.337 e. The molecule has 0 fully saturated rings. The summed E-state index contributed by atoms with van der Waals surface area (Å²) < 4.78 is 10.7. The third kappa shape index (κ3) is 2.51. The minimum Gasteiger partial charge on any atom is -0.485 e. The first-order valence-corrected chi connectivity index (χ1v) is 6.35. The third-order valence-electron chi connectivity index (χ3n) is 3.59. The van der Waals surface area contributed by atoms with E-state index in [0.29, 0.717) is 5.56 Å². The molecule has 0 amide bonds. The molecule has 0 radical (unpaired) electrons. The lowest BCUT2D eigenvalue weighted by molar-refractivity contribution is 0.0600. The van der Waals surface area contributed by atoms with E-state index in [9.17, 15) is 4.79 Å². The summed E-state index contributed by atoms with van der Waals surface area (Å²) in [4.78, 5) is 13.7. The van der Waals surface area contributed by atoms with Crippen LogP contribution in [-0.2, 0) is 4.74 Å². The van der Waals surface area contributed by atoms with Gasteiger partial charge in [-0.05, 0) is 32.2 Å². The molecule has 0 saturated heterocycles. The van der Waals surface area contributed by atoms with Crippen molar-refractivity contribution in [3.63, 3.8) is 0 Å². The quantitative estimate of drug-likeness (QED) is 0.833. The van der Waals surface area contributed by atoms with Gasteiger partial charge >= 0.3 is 5.97 Å². The summed E-state index contributed by atoms with van der Waals surface area (Å²) in [7, 11) is 5.30. The number of nitrogens with zero attached hydrogens (tertiary/aromatic N) is 1. The summed E-state index contributed by atoms with van der Waals surface area (Å²) in [6.45, 7) is 2.89. The highest BCUT2D eigenvalue weighted by Gasteiger charge is 2.30. The summed E-state index contributed by atoms with van der Waals surface area (Å²) in [5.74, 6) is 0.467. The molecule has 2 atom stereocenters. The van der Waals surface area contributed by atoms with Gasteiger partial charge in [-0.3, -0.25) is 0 Å².